The number of anilines is 1. The highest BCUT2D eigenvalue weighted by Gasteiger charge is 2.28. The maximum Gasteiger partial charge on any atom is 0.261 e. The minimum absolute atomic E-state index is 0. The third-order valence-electron chi connectivity index (χ3n) is 4.44. The molecule has 6 nitrogen and oxygen atoms in total. The van der Waals surface area contributed by atoms with Gasteiger partial charge < -0.3 is 10.6 Å². The number of amides is 1. The lowest BCUT2D eigenvalue weighted by atomic mass is 10.1. The Kier molecular flexibility index (Phi) is 6.80. The van der Waals surface area contributed by atoms with Crippen LogP contribution in [0.2, 0.25) is 0 Å². The van der Waals surface area contributed by atoms with E-state index >= 15 is 0 Å². The van der Waals surface area contributed by atoms with Gasteiger partial charge in [0.25, 0.3) is 15.9 Å². The van der Waals surface area contributed by atoms with Gasteiger partial charge in [0, 0.05) is 24.7 Å². The van der Waals surface area contributed by atoms with Crippen LogP contribution in [0.1, 0.15) is 23.2 Å². The van der Waals surface area contributed by atoms with Crippen LogP contribution >= 0.6 is 12.4 Å². The molecule has 0 spiro atoms. The van der Waals surface area contributed by atoms with Gasteiger partial charge in [-0.3, -0.25) is 9.52 Å². The maximum atomic E-state index is 13.7. The number of nitrogens with two attached hydrogens (primary N) is 1. The van der Waals surface area contributed by atoms with Crippen LogP contribution in [0.15, 0.2) is 53.4 Å². The Bertz CT molecular complexity index is 906. The molecule has 1 aliphatic rings. The summed E-state index contributed by atoms with van der Waals surface area (Å²) in [6.45, 7) is 1.06. The first-order valence-electron chi connectivity index (χ1n) is 8.31. The van der Waals surface area contributed by atoms with Crippen LogP contribution in [-0.2, 0) is 10.0 Å². The highest BCUT2D eigenvalue weighted by molar-refractivity contribution is 7.92. The van der Waals surface area contributed by atoms with Crippen molar-refractivity contribution >= 4 is 34.0 Å². The number of likely N-dealkylation sites (tertiary alicyclic amines) is 1. The maximum absolute atomic E-state index is 13.7. The first-order chi connectivity index (χ1) is 12.4. The van der Waals surface area contributed by atoms with Gasteiger partial charge in [0.15, 0.2) is 0 Å². The Labute approximate surface area is 164 Å². The number of hydrogen-bond donors (Lipinski definition) is 2. The molecule has 146 valence electrons. The Morgan fingerprint density at radius 1 is 1.19 bits per heavy atom. The smallest absolute Gasteiger partial charge is 0.261 e. The fourth-order valence-corrected chi connectivity index (χ4v) is 4.11. The summed E-state index contributed by atoms with van der Waals surface area (Å²) in [5.41, 5.74) is 5.96. The molecule has 3 rings (SSSR count). The molecular formula is C18H21ClFN3O3S. The van der Waals surface area contributed by atoms with Crippen LogP contribution in [0.4, 0.5) is 10.1 Å². The number of nitrogens with one attached hydrogen (secondary N) is 1. The lowest BCUT2D eigenvalue weighted by Gasteiger charge is -2.23. The number of para-hydroxylation sites is 1. The van der Waals surface area contributed by atoms with Gasteiger partial charge in [0.05, 0.1) is 10.6 Å². The fourth-order valence-electron chi connectivity index (χ4n) is 3.04. The lowest BCUT2D eigenvalue weighted by Crippen LogP contribution is -2.39. The van der Waals surface area contributed by atoms with Crippen molar-refractivity contribution in [3.63, 3.8) is 0 Å². The number of halogens is 2. The van der Waals surface area contributed by atoms with Crippen molar-refractivity contribution in [2.45, 2.75) is 23.8 Å². The van der Waals surface area contributed by atoms with Crippen LogP contribution in [0.5, 0.6) is 0 Å². The summed E-state index contributed by atoms with van der Waals surface area (Å²) in [7, 11) is -3.95. The van der Waals surface area contributed by atoms with Crippen LogP contribution in [-0.4, -0.2) is 38.4 Å². The van der Waals surface area contributed by atoms with E-state index in [1.165, 1.54) is 48.5 Å². The van der Waals surface area contributed by atoms with Crippen molar-refractivity contribution < 1.29 is 17.6 Å². The van der Waals surface area contributed by atoms with Crippen molar-refractivity contribution in [1.29, 1.82) is 0 Å². The van der Waals surface area contributed by atoms with E-state index in [9.17, 15) is 17.6 Å². The second-order valence-electron chi connectivity index (χ2n) is 6.14. The quantitative estimate of drug-likeness (QED) is 0.788. The van der Waals surface area contributed by atoms with Crippen molar-refractivity contribution in [2.24, 2.45) is 5.73 Å². The molecule has 1 fully saturated rings. The lowest BCUT2D eigenvalue weighted by molar-refractivity contribution is 0.0741. The van der Waals surface area contributed by atoms with Gasteiger partial charge in [0.1, 0.15) is 5.82 Å². The summed E-state index contributed by atoms with van der Waals surface area (Å²) >= 11 is 0. The number of benzene rings is 2. The number of rotatable bonds is 5. The van der Waals surface area contributed by atoms with Crippen molar-refractivity contribution in [3.8, 4) is 0 Å². The van der Waals surface area contributed by atoms with E-state index in [1.807, 2.05) is 0 Å². The third-order valence-corrected chi connectivity index (χ3v) is 5.82. The molecule has 1 atom stereocenters. The first-order valence-corrected chi connectivity index (χ1v) is 9.79. The molecule has 0 aromatic heterocycles. The van der Waals surface area contributed by atoms with Gasteiger partial charge in [-0.25, -0.2) is 12.8 Å². The highest BCUT2D eigenvalue weighted by atomic mass is 35.5. The number of carbonyl (C=O) groups is 1. The van der Waals surface area contributed by atoms with Gasteiger partial charge in [-0.15, -0.1) is 12.4 Å². The van der Waals surface area contributed by atoms with Gasteiger partial charge in [0.2, 0.25) is 0 Å². The monoisotopic (exact) mass is 413 g/mol. The zero-order chi connectivity index (χ0) is 18.7. The van der Waals surface area contributed by atoms with Gasteiger partial charge in [-0.2, -0.15) is 0 Å². The van der Waals surface area contributed by atoms with E-state index in [4.69, 9.17) is 5.73 Å². The van der Waals surface area contributed by atoms with Crippen molar-refractivity contribution in [2.75, 3.05) is 17.8 Å². The van der Waals surface area contributed by atoms with E-state index in [0.29, 0.717) is 18.7 Å². The van der Waals surface area contributed by atoms with Crippen molar-refractivity contribution in [1.82, 2.24) is 4.90 Å². The Morgan fingerprint density at radius 3 is 2.48 bits per heavy atom. The zero-order valence-electron chi connectivity index (χ0n) is 14.5. The summed E-state index contributed by atoms with van der Waals surface area (Å²) in [6, 6.07) is 11.1. The number of nitrogens with zero attached hydrogens (tertiary/aromatic N) is 1. The number of carbonyl (C=O) groups excluding carboxylic acids is 1. The number of hydrogen-bond acceptors (Lipinski definition) is 4. The molecule has 1 heterocycles. The summed E-state index contributed by atoms with van der Waals surface area (Å²) in [5.74, 6) is -0.825. The minimum Gasteiger partial charge on any atom is -0.334 e. The summed E-state index contributed by atoms with van der Waals surface area (Å²) in [4.78, 5) is 14.2. The molecule has 1 unspecified atom stereocenters. The second kappa shape index (κ2) is 8.69. The van der Waals surface area contributed by atoms with Crippen molar-refractivity contribution in [3.05, 3.63) is 59.9 Å². The predicted octanol–water partition coefficient (Wildman–Crippen LogP) is 2.61. The third kappa shape index (κ3) is 4.58. The molecule has 0 saturated carbocycles. The average molecular weight is 414 g/mol. The van der Waals surface area contributed by atoms with Crippen LogP contribution in [0.3, 0.4) is 0 Å². The normalized spacial score (nSPS) is 16.7. The van der Waals surface area contributed by atoms with Crippen LogP contribution in [0.25, 0.3) is 0 Å². The Hall–Kier alpha value is -2.16. The van der Waals surface area contributed by atoms with E-state index < -0.39 is 15.8 Å². The van der Waals surface area contributed by atoms with E-state index in [2.05, 4.69) is 4.72 Å². The molecule has 2 aromatic carbocycles. The van der Waals surface area contributed by atoms with Crippen LogP contribution in [0, 0.1) is 5.82 Å². The molecule has 3 N–H and O–H groups in total. The highest BCUT2D eigenvalue weighted by Crippen LogP contribution is 2.22. The summed E-state index contributed by atoms with van der Waals surface area (Å²) in [5, 5.41) is 0. The SMILES string of the molecule is Cl.NCC1CCCN1C(=O)c1ccc(S(=O)(=O)Nc2ccccc2F)cc1. The van der Waals surface area contributed by atoms with Crippen LogP contribution < -0.4 is 10.5 Å². The van der Waals surface area contributed by atoms with Gasteiger partial charge in [-0.1, -0.05) is 12.1 Å². The molecule has 1 saturated heterocycles. The number of sulfonamides is 1. The minimum atomic E-state index is -3.95. The molecule has 2 aromatic rings. The molecule has 0 radical (unpaired) electrons. The Morgan fingerprint density at radius 2 is 1.85 bits per heavy atom. The molecule has 0 bridgehead atoms. The molecule has 9 heteroatoms. The second-order valence-corrected chi connectivity index (χ2v) is 7.82. The topological polar surface area (TPSA) is 92.5 Å². The average Bonchev–Trinajstić information content (AvgIpc) is 3.12. The zero-order valence-corrected chi connectivity index (χ0v) is 16.1. The molecule has 27 heavy (non-hydrogen) atoms. The van der Waals surface area contributed by atoms with Gasteiger partial charge >= 0.3 is 0 Å². The molecule has 1 amide bonds. The largest absolute Gasteiger partial charge is 0.334 e. The molecule has 1 aliphatic heterocycles. The standard InChI is InChI=1S/C18H20FN3O3S.ClH/c19-16-5-1-2-6-17(16)21-26(24,25)15-9-7-13(8-10-15)18(23)22-11-3-4-14(22)12-20;/h1-2,5-10,14,21H,3-4,11-12,20H2;1H. The fraction of sp³-hybridized carbons (Fsp3) is 0.278. The van der Waals surface area contributed by atoms with E-state index in [-0.39, 0.29) is 34.9 Å². The predicted molar refractivity (Wildman–Crippen MR) is 104 cm³/mol. The molecular weight excluding hydrogens is 393 g/mol. The summed E-state index contributed by atoms with van der Waals surface area (Å²) < 4.78 is 40.7. The Balaban J connectivity index is 0.00000261. The molecule has 0 aliphatic carbocycles. The van der Waals surface area contributed by atoms with E-state index in [0.717, 1.165) is 12.8 Å². The van der Waals surface area contributed by atoms with Gasteiger partial charge in [-0.05, 0) is 49.2 Å². The summed E-state index contributed by atoms with van der Waals surface area (Å²) in [6.07, 6.45) is 1.79. The first kappa shape index (κ1) is 21.1. The van der Waals surface area contributed by atoms with E-state index in [1.54, 1.807) is 4.90 Å².